The molecule has 0 aliphatic carbocycles. The van der Waals surface area contributed by atoms with Crippen LogP contribution in [0.5, 0.6) is 0 Å². The van der Waals surface area contributed by atoms with E-state index in [1.165, 1.54) is 18.6 Å². The SMILES string of the molecule is CC/C(=N/O)c1cc(C)c(-c2cc3cnc(NC(=O)OF)cc3n3ncnc23)cn1. The van der Waals surface area contributed by atoms with E-state index in [9.17, 15) is 9.32 Å². The van der Waals surface area contributed by atoms with Crippen molar-refractivity contribution in [1.82, 2.24) is 24.6 Å². The number of nitrogens with one attached hydrogen (secondary N) is 1. The monoisotopic (exact) mass is 409 g/mol. The number of fused-ring (bicyclic) bond motifs is 3. The Kier molecular flexibility index (Phi) is 4.92. The van der Waals surface area contributed by atoms with Gasteiger partial charge in [0.2, 0.25) is 0 Å². The molecule has 10 nitrogen and oxygen atoms in total. The molecular weight excluding hydrogens is 393 g/mol. The number of pyridine rings is 3. The van der Waals surface area contributed by atoms with E-state index < -0.39 is 6.09 Å². The number of hydrogen-bond donors (Lipinski definition) is 2. The molecule has 152 valence electrons. The van der Waals surface area contributed by atoms with Crippen molar-refractivity contribution in [3.8, 4) is 11.1 Å². The third-order valence-corrected chi connectivity index (χ3v) is 4.68. The predicted octanol–water partition coefficient (Wildman–Crippen LogP) is 3.67. The van der Waals surface area contributed by atoms with E-state index in [2.05, 4.69) is 35.5 Å². The van der Waals surface area contributed by atoms with Gasteiger partial charge < -0.3 is 5.21 Å². The standard InChI is InChI=1S/C19H16FN7O3/c1-3-14(26-29)15-4-10(2)13(8-21-15)12-5-11-7-22-17(25-19(28)30-20)6-16(11)27-18(12)23-9-24-27/h4-9,29H,3H2,1-2H3,(H,22,25,28)/b26-14-. The highest BCUT2D eigenvalue weighted by Crippen LogP contribution is 2.31. The van der Waals surface area contributed by atoms with Crippen molar-refractivity contribution in [2.45, 2.75) is 20.3 Å². The molecule has 0 fully saturated rings. The van der Waals surface area contributed by atoms with Crippen LogP contribution in [0.25, 0.3) is 27.7 Å². The summed E-state index contributed by atoms with van der Waals surface area (Å²) in [6, 6.07) is 5.27. The van der Waals surface area contributed by atoms with Crippen molar-refractivity contribution in [3.63, 3.8) is 0 Å². The van der Waals surface area contributed by atoms with Crippen molar-refractivity contribution in [2.75, 3.05) is 5.32 Å². The summed E-state index contributed by atoms with van der Waals surface area (Å²) in [5, 5.41) is 19.6. The molecule has 0 spiro atoms. The Hall–Kier alpha value is -4.15. The van der Waals surface area contributed by atoms with Crippen LogP contribution in [0.1, 0.15) is 24.6 Å². The molecule has 0 radical (unpaired) electrons. The molecule has 0 atom stereocenters. The highest BCUT2D eigenvalue weighted by molar-refractivity contribution is 5.99. The van der Waals surface area contributed by atoms with Crippen LogP contribution in [-0.2, 0) is 4.94 Å². The zero-order valence-electron chi connectivity index (χ0n) is 16.0. The average molecular weight is 409 g/mol. The predicted molar refractivity (Wildman–Crippen MR) is 106 cm³/mol. The maximum absolute atomic E-state index is 12.0. The molecule has 0 saturated heterocycles. The summed E-state index contributed by atoms with van der Waals surface area (Å²) >= 11 is 0. The van der Waals surface area contributed by atoms with Gasteiger partial charge in [0.25, 0.3) is 0 Å². The number of aromatic nitrogens is 5. The first kappa shape index (κ1) is 19.2. The fourth-order valence-corrected chi connectivity index (χ4v) is 3.26. The molecule has 0 aromatic carbocycles. The number of carbonyl (C=O) groups is 1. The summed E-state index contributed by atoms with van der Waals surface area (Å²) in [6.07, 6.45) is 3.91. The van der Waals surface area contributed by atoms with Crippen LogP contribution in [0, 0.1) is 6.92 Å². The molecule has 4 rings (SSSR count). The number of rotatable bonds is 4. The molecule has 11 heteroatoms. The summed E-state index contributed by atoms with van der Waals surface area (Å²) < 4.78 is 13.6. The summed E-state index contributed by atoms with van der Waals surface area (Å²) in [4.78, 5) is 27.1. The number of oxime groups is 1. The maximum atomic E-state index is 12.0. The van der Waals surface area contributed by atoms with E-state index >= 15 is 0 Å². The molecule has 0 bridgehead atoms. The second kappa shape index (κ2) is 7.70. The molecule has 0 unspecified atom stereocenters. The summed E-state index contributed by atoms with van der Waals surface area (Å²) in [7, 11) is 0. The normalized spacial score (nSPS) is 11.8. The number of halogens is 1. The zero-order chi connectivity index (χ0) is 21.3. The Morgan fingerprint density at radius 3 is 2.77 bits per heavy atom. The van der Waals surface area contributed by atoms with Crippen molar-refractivity contribution in [2.24, 2.45) is 5.16 Å². The number of hydrogen-bond acceptors (Lipinski definition) is 8. The fraction of sp³-hybridized carbons (Fsp3) is 0.158. The van der Waals surface area contributed by atoms with E-state index in [0.717, 1.165) is 22.1 Å². The smallest absolute Gasteiger partial charge is 0.411 e. The fourth-order valence-electron chi connectivity index (χ4n) is 3.26. The molecule has 2 N–H and O–H groups in total. The van der Waals surface area contributed by atoms with Gasteiger partial charge in [-0.1, -0.05) is 12.1 Å². The first-order valence-corrected chi connectivity index (χ1v) is 8.96. The largest absolute Gasteiger partial charge is 0.450 e. The Labute approximate surface area is 168 Å². The number of carbonyl (C=O) groups excluding carboxylic acids is 1. The zero-order valence-corrected chi connectivity index (χ0v) is 16.0. The van der Waals surface area contributed by atoms with Crippen LogP contribution in [-0.4, -0.2) is 41.6 Å². The van der Waals surface area contributed by atoms with Gasteiger partial charge in [-0.05, 0) is 31.0 Å². The van der Waals surface area contributed by atoms with Gasteiger partial charge in [-0.3, -0.25) is 10.3 Å². The Morgan fingerprint density at radius 2 is 2.07 bits per heavy atom. The van der Waals surface area contributed by atoms with Gasteiger partial charge in [0.05, 0.1) is 11.2 Å². The molecular formula is C19H16FN7O3. The quantitative estimate of drug-likeness (QED) is 0.299. The van der Waals surface area contributed by atoms with Gasteiger partial charge in [-0.15, -0.1) is 0 Å². The van der Waals surface area contributed by atoms with Crippen LogP contribution in [0.2, 0.25) is 0 Å². The Bertz CT molecular complexity index is 1300. The van der Waals surface area contributed by atoms with Crippen molar-refractivity contribution in [3.05, 3.63) is 48.2 Å². The molecule has 0 aliphatic rings. The second-order valence-corrected chi connectivity index (χ2v) is 6.46. The third-order valence-electron chi connectivity index (χ3n) is 4.68. The van der Waals surface area contributed by atoms with Crippen molar-refractivity contribution < 1.29 is 19.5 Å². The summed E-state index contributed by atoms with van der Waals surface area (Å²) in [6.45, 7) is 3.81. The first-order chi connectivity index (χ1) is 14.5. The van der Waals surface area contributed by atoms with Gasteiger partial charge >= 0.3 is 6.09 Å². The second-order valence-electron chi connectivity index (χ2n) is 6.46. The molecule has 4 aromatic rings. The lowest BCUT2D eigenvalue weighted by molar-refractivity contribution is -0.0544. The average Bonchev–Trinajstić information content (AvgIpc) is 3.25. The minimum absolute atomic E-state index is 0.104. The third kappa shape index (κ3) is 3.26. The molecule has 0 aliphatic heterocycles. The van der Waals surface area contributed by atoms with E-state index in [-0.39, 0.29) is 5.82 Å². The minimum Gasteiger partial charge on any atom is -0.411 e. The lowest BCUT2D eigenvalue weighted by Crippen LogP contribution is -2.10. The van der Waals surface area contributed by atoms with E-state index in [1.807, 2.05) is 26.0 Å². The molecule has 4 aromatic heterocycles. The highest BCUT2D eigenvalue weighted by atomic mass is 19.3. The lowest BCUT2D eigenvalue weighted by Gasteiger charge is -2.11. The molecule has 1 amide bonds. The van der Waals surface area contributed by atoms with Gasteiger partial charge in [-0.2, -0.15) is 5.10 Å². The maximum Gasteiger partial charge on any atom is 0.450 e. The highest BCUT2D eigenvalue weighted by Gasteiger charge is 2.16. The van der Waals surface area contributed by atoms with E-state index in [4.69, 9.17) is 5.21 Å². The number of aryl methyl sites for hydroxylation is 1. The van der Waals surface area contributed by atoms with Crippen LogP contribution >= 0.6 is 0 Å². The first-order valence-electron chi connectivity index (χ1n) is 8.96. The number of amides is 1. The molecule has 4 heterocycles. The molecule has 0 saturated carbocycles. The van der Waals surface area contributed by atoms with Gasteiger partial charge in [0.15, 0.2) is 5.65 Å². The van der Waals surface area contributed by atoms with Crippen LogP contribution in [0.15, 0.2) is 42.1 Å². The molecule has 30 heavy (non-hydrogen) atoms. The van der Waals surface area contributed by atoms with Crippen LogP contribution < -0.4 is 5.32 Å². The summed E-state index contributed by atoms with van der Waals surface area (Å²) in [5.41, 5.74) is 4.78. The van der Waals surface area contributed by atoms with E-state index in [0.29, 0.717) is 29.0 Å². The minimum atomic E-state index is -1.27. The van der Waals surface area contributed by atoms with Gasteiger partial charge in [-0.25, -0.2) is 24.2 Å². The summed E-state index contributed by atoms with van der Waals surface area (Å²) in [5.74, 6) is 0.104. The van der Waals surface area contributed by atoms with Crippen LogP contribution in [0.3, 0.4) is 0 Å². The van der Waals surface area contributed by atoms with Crippen LogP contribution in [0.4, 0.5) is 15.1 Å². The van der Waals surface area contributed by atoms with Crippen molar-refractivity contribution >= 4 is 34.2 Å². The number of nitrogens with zero attached hydrogens (tertiary/aromatic N) is 6. The van der Waals surface area contributed by atoms with E-state index in [1.54, 1.807) is 10.7 Å². The van der Waals surface area contributed by atoms with Gasteiger partial charge in [0.1, 0.15) is 17.9 Å². The Balaban J connectivity index is 1.87. The topological polar surface area (TPSA) is 127 Å². The number of anilines is 1. The lowest BCUT2D eigenvalue weighted by atomic mass is 10.0. The van der Waals surface area contributed by atoms with Crippen molar-refractivity contribution in [1.29, 1.82) is 0 Å². The Morgan fingerprint density at radius 1 is 1.23 bits per heavy atom. The van der Waals surface area contributed by atoms with Gasteiger partial charge in [0, 0.05) is 39.5 Å².